The van der Waals surface area contributed by atoms with Gasteiger partial charge in [-0.1, -0.05) is 18.2 Å². The van der Waals surface area contributed by atoms with Crippen LogP contribution in [-0.4, -0.2) is 46.1 Å². The zero-order valence-electron chi connectivity index (χ0n) is 16.6. The molecule has 1 saturated heterocycles. The Morgan fingerprint density at radius 2 is 1.77 bits per heavy atom. The second-order valence-electron chi connectivity index (χ2n) is 7.64. The molecule has 0 unspecified atom stereocenters. The minimum absolute atomic E-state index is 0.235. The summed E-state index contributed by atoms with van der Waals surface area (Å²) < 4.78 is 21.4. The van der Waals surface area contributed by atoms with E-state index in [0.29, 0.717) is 67.3 Å². The Kier molecular flexibility index (Phi) is 4.74. The van der Waals surface area contributed by atoms with Crippen molar-refractivity contribution in [2.75, 3.05) is 42.7 Å². The number of halogens is 1. The van der Waals surface area contributed by atoms with E-state index in [2.05, 4.69) is 14.9 Å². The number of nitrogens with zero attached hydrogens (tertiary/aromatic N) is 5. The molecule has 4 N–H and O–H groups in total. The largest absolute Gasteiger partial charge is 0.382 e. The van der Waals surface area contributed by atoms with Gasteiger partial charge < -0.3 is 21.1 Å². The molecule has 5 rings (SSSR count). The fourth-order valence-corrected chi connectivity index (χ4v) is 4.31. The highest BCUT2D eigenvalue weighted by atomic mass is 19.1. The topological polar surface area (TPSA) is 108 Å². The van der Waals surface area contributed by atoms with Gasteiger partial charge in [0.2, 0.25) is 0 Å². The molecule has 1 fully saturated rings. The zero-order valence-corrected chi connectivity index (χ0v) is 16.6. The molecular formula is C21H24FN7O. The van der Waals surface area contributed by atoms with Crippen molar-refractivity contribution >= 4 is 17.3 Å². The van der Waals surface area contributed by atoms with Gasteiger partial charge in [0.05, 0.1) is 19.8 Å². The molecule has 0 amide bonds. The first-order valence-corrected chi connectivity index (χ1v) is 10.2. The van der Waals surface area contributed by atoms with Crippen LogP contribution in [0.3, 0.4) is 0 Å². The second kappa shape index (κ2) is 7.56. The smallest absolute Gasteiger partial charge is 0.184 e. The Labute approximate surface area is 173 Å². The fraction of sp³-hybridized carbons (Fsp3) is 0.381. The van der Waals surface area contributed by atoms with Gasteiger partial charge in [0.25, 0.3) is 0 Å². The minimum atomic E-state index is -0.235. The van der Waals surface area contributed by atoms with Gasteiger partial charge >= 0.3 is 0 Å². The van der Waals surface area contributed by atoms with Gasteiger partial charge in [-0.15, -0.1) is 0 Å². The van der Waals surface area contributed by atoms with E-state index in [1.165, 1.54) is 6.07 Å². The van der Waals surface area contributed by atoms with Crippen LogP contribution < -0.4 is 16.4 Å². The Bertz CT molecular complexity index is 1070. The maximum Gasteiger partial charge on any atom is 0.184 e. The van der Waals surface area contributed by atoms with Crippen LogP contribution in [0.5, 0.6) is 0 Å². The molecule has 0 bridgehead atoms. The average Bonchev–Trinajstić information content (AvgIpc) is 3.34. The number of nitrogen functional groups attached to an aromatic ring is 2. The summed E-state index contributed by atoms with van der Waals surface area (Å²) in [5.74, 6) is 0.873. The molecule has 156 valence electrons. The zero-order chi connectivity index (χ0) is 20.7. The highest BCUT2D eigenvalue weighted by Gasteiger charge is 2.27. The number of nitrogens with two attached hydrogens (primary N) is 2. The van der Waals surface area contributed by atoms with Crippen molar-refractivity contribution in [1.29, 1.82) is 0 Å². The highest BCUT2D eigenvalue weighted by Crippen LogP contribution is 2.35. The van der Waals surface area contributed by atoms with E-state index < -0.39 is 0 Å². The van der Waals surface area contributed by atoms with Crippen LogP contribution in [-0.2, 0) is 24.1 Å². The quantitative estimate of drug-likeness (QED) is 0.679. The molecule has 0 radical (unpaired) electrons. The van der Waals surface area contributed by atoms with Crippen LogP contribution >= 0.6 is 0 Å². The first kappa shape index (κ1) is 18.8. The maximum absolute atomic E-state index is 14.2. The van der Waals surface area contributed by atoms with Gasteiger partial charge in [-0.3, -0.25) is 4.68 Å². The van der Waals surface area contributed by atoms with Gasteiger partial charge in [-0.05, 0) is 25.3 Å². The minimum Gasteiger partial charge on any atom is -0.382 e. The lowest BCUT2D eigenvalue weighted by Gasteiger charge is -2.30. The van der Waals surface area contributed by atoms with E-state index in [0.717, 1.165) is 30.5 Å². The molecular weight excluding hydrogens is 385 g/mol. The molecule has 2 aliphatic rings. The van der Waals surface area contributed by atoms with E-state index in [9.17, 15) is 4.39 Å². The highest BCUT2D eigenvalue weighted by molar-refractivity contribution is 5.78. The third-order valence-corrected chi connectivity index (χ3v) is 5.76. The average molecular weight is 409 g/mol. The summed E-state index contributed by atoms with van der Waals surface area (Å²) in [4.78, 5) is 11.2. The van der Waals surface area contributed by atoms with E-state index in [4.69, 9.17) is 21.3 Å². The summed E-state index contributed by atoms with van der Waals surface area (Å²) in [6.45, 7) is 3.00. The van der Waals surface area contributed by atoms with Gasteiger partial charge in [0.15, 0.2) is 17.5 Å². The molecule has 0 atom stereocenters. The summed E-state index contributed by atoms with van der Waals surface area (Å²) in [6, 6.07) is 6.77. The number of fused-ring (bicyclic) bond motifs is 1. The molecule has 0 saturated carbocycles. The van der Waals surface area contributed by atoms with Crippen molar-refractivity contribution < 1.29 is 9.13 Å². The van der Waals surface area contributed by atoms with Crippen LogP contribution in [0.15, 0.2) is 24.3 Å². The summed E-state index contributed by atoms with van der Waals surface area (Å²) in [7, 11) is 0. The molecule has 30 heavy (non-hydrogen) atoms. The van der Waals surface area contributed by atoms with Crippen molar-refractivity contribution in [2.24, 2.45) is 0 Å². The number of hydrogen-bond acceptors (Lipinski definition) is 7. The van der Waals surface area contributed by atoms with Crippen molar-refractivity contribution in [3.05, 3.63) is 46.9 Å². The normalized spacial score (nSPS) is 16.1. The molecule has 3 heterocycles. The maximum atomic E-state index is 14.2. The van der Waals surface area contributed by atoms with Crippen LogP contribution in [0.1, 0.15) is 23.2 Å². The predicted molar refractivity (Wildman–Crippen MR) is 113 cm³/mol. The molecule has 1 aliphatic heterocycles. The van der Waals surface area contributed by atoms with Gasteiger partial charge in [-0.25, -0.2) is 14.4 Å². The number of anilines is 3. The van der Waals surface area contributed by atoms with E-state index in [1.807, 2.05) is 10.7 Å². The SMILES string of the molecule is Nc1nc(-c2nn(Cc3ccccc3F)c3c2CCC3)nc(N)c1N1CCOCC1. The number of benzene rings is 1. The van der Waals surface area contributed by atoms with E-state index in [-0.39, 0.29) is 5.82 Å². The van der Waals surface area contributed by atoms with Gasteiger partial charge in [-0.2, -0.15) is 5.10 Å². The van der Waals surface area contributed by atoms with E-state index >= 15 is 0 Å². The molecule has 2 aromatic heterocycles. The second-order valence-corrected chi connectivity index (χ2v) is 7.64. The van der Waals surface area contributed by atoms with E-state index in [1.54, 1.807) is 12.1 Å². The Morgan fingerprint density at radius 3 is 2.50 bits per heavy atom. The van der Waals surface area contributed by atoms with Gasteiger partial charge in [0, 0.05) is 29.9 Å². The number of rotatable bonds is 4. The van der Waals surface area contributed by atoms with Crippen molar-refractivity contribution in [1.82, 2.24) is 19.7 Å². The van der Waals surface area contributed by atoms with Crippen molar-refractivity contribution in [2.45, 2.75) is 25.8 Å². The predicted octanol–water partition coefficient (Wildman–Crippen LogP) is 2.02. The van der Waals surface area contributed by atoms with Gasteiger partial charge in [0.1, 0.15) is 17.2 Å². The van der Waals surface area contributed by atoms with Crippen LogP contribution in [0.2, 0.25) is 0 Å². The Hall–Kier alpha value is -3.20. The number of ether oxygens (including phenoxy) is 1. The number of hydrogen-bond donors (Lipinski definition) is 2. The standard InChI is InChI=1S/C21H24FN7O/c22-15-6-2-1-4-13(15)12-29-16-7-3-5-14(16)17(27-29)21-25-19(23)18(20(24)26-21)28-8-10-30-11-9-28/h1-2,4,6H,3,5,7-12H2,(H4,23,24,25,26). The Morgan fingerprint density at radius 1 is 1.03 bits per heavy atom. The molecule has 1 aromatic carbocycles. The molecule has 1 aliphatic carbocycles. The molecule has 9 heteroatoms. The first-order chi connectivity index (χ1) is 14.6. The lowest BCUT2D eigenvalue weighted by Crippen LogP contribution is -2.37. The molecule has 8 nitrogen and oxygen atoms in total. The van der Waals surface area contributed by atoms with Crippen molar-refractivity contribution in [3.8, 4) is 11.5 Å². The van der Waals surface area contributed by atoms with Crippen LogP contribution in [0.25, 0.3) is 11.5 Å². The summed E-state index contributed by atoms with van der Waals surface area (Å²) in [6.07, 6.45) is 2.80. The first-order valence-electron chi connectivity index (χ1n) is 10.2. The summed E-state index contributed by atoms with van der Waals surface area (Å²) in [5.41, 5.74) is 16.7. The lowest BCUT2D eigenvalue weighted by molar-refractivity contribution is 0.123. The van der Waals surface area contributed by atoms with Crippen LogP contribution in [0, 0.1) is 5.82 Å². The molecule has 3 aromatic rings. The molecule has 0 spiro atoms. The lowest BCUT2D eigenvalue weighted by atomic mass is 10.2. The summed E-state index contributed by atoms with van der Waals surface area (Å²) >= 11 is 0. The van der Waals surface area contributed by atoms with Crippen LogP contribution in [0.4, 0.5) is 21.7 Å². The number of morpholine rings is 1. The fourth-order valence-electron chi connectivity index (χ4n) is 4.31. The third-order valence-electron chi connectivity index (χ3n) is 5.76. The summed E-state index contributed by atoms with van der Waals surface area (Å²) in [5, 5.41) is 4.74. The third kappa shape index (κ3) is 3.24. The monoisotopic (exact) mass is 409 g/mol. The Balaban J connectivity index is 1.52. The number of aromatic nitrogens is 4. The van der Waals surface area contributed by atoms with Crippen molar-refractivity contribution in [3.63, 3.8) is 0 Å².